The van der Waals surface area contributed by atoms with Gasteiger partial charge in [0, 0.05) is 18.8 Å². The molecule has 1 saturated heterocycles. The van der Waals surface area contributed by atoms with Crippen molar-refractivity contribution in [1.82, 2.24) is 9.80 Å². The molecule has 2 unspecified atom stereocenters. The summed E-state index contributed by atoms with van der Waals surface area (Å²) in [5, 5.41) is 2.48. The number of carbonyl (C=O) groups excluding carboxylic acids is 3. The first-order chi connectivity index (χ1) is 17.8. The lowest BCUT2D eigenvalue weighted by Crippen LogP contribution is -2.44. The Balaban J connectivity index is 1.60. The van der Waals surface area contributed by atoms with E-state index in [1.807, 2.05) is 10.3 Å². The number of nitrogens with zero attached hydrogens (tertiary/aromatic N) is 3. The first-order valence-electron chi connectivity index (χ1n) is 12.3. The highest BCUT2D eigenvalue weighted by Crippen LogP contribution is 2.45. The van der Waals surface area contributed by atoms with Crippen LogP contribution in [0.5, 0.6) is 0 Å². The van der Waals surface area contributed by atoms with Crippen molar-refractivity contribution < 1.29 is 28.2 Å². The molecule has 1 aromatic rings. The van der Waals surface area contributed by atoms with E-state index in [2.05, 4.69) is 11.6 Å². The summed E-state index contributed by atoms with van der Waals surface area (Å²) in [4.78, 5) is 46.9. The van der Waals surface area contributed by atoms with Crippen LogP contribution in [0, 0.1) is 11.7 Å². The van der Waals surface area contributed by atoms with Crippen LogP contribution in [-0.2, 0) is 23.9 Å². The highest BCUT2D eigenvalue weighted by molar-refractivity contribution is 8.16. The molecule has 0 saturated carbocycles. The molecule has 3 aliphatic rings. The van der Waals surface area contributed by atoms with Gasteiger partial charge in [-0.05, 0) is 49.8 Å². The van der Waals surface area contributed by atoms with Gasteiger partial charge in [0.25, 0.3) is 0 Å². The normalized spacial score (nSPS) is 21.2. The number of benzene rings is 1. The summed E-state index contributed by atoms with van der Waals surface area (Å²) in [5.74, 6) is -1.68. The molecular formula is C27H30FN3O5S. The van der Waals surface area contributed by atoms with E-state index >= 15 is 0 Å². The molecular weight excluding hydrogens is 497 g/mol. The molecule has 10 heteroatoms. The van der Waals surface area contributed by atoms with Gasteiger partial charge in [0.2, 0.25) is 5.91 Å². The third kappa shape index (κ3) is 5.79. The van der Waals surface area contributed by atoms with Gasteiger partial charge >= 0.3 is 11.9 Å². The number of ether oxygens (including phenoxy) is 2. The van der Waals surface area contributed by atoms with E-state index in [0.29, 0.717) is 53.8 Å². The third-order valence-electron chi connectivity index (χ3n) is 6.46. The van der Waals surface area contributed by atoms with Crippen LogP contribution in [0.3, 0.4) is 0 Å². The lowest BCUT2D eigenvalue weighted by Gasteiger charge is -2.37. The highest BCUT2D eigenvalue weighted by atomic mass is 32.2. The molecule has 4 rings (SSSR count). The van der Waals surface area contributed by atoms with Crippen molar-refractivity contribution in [3.8, 4) is 0 Å². The number of piperidine rings is 1. The molecule has 0 spiro atoms. The van der Waals surface area contributed by atoms with Crippen LogP contribution in [0.1, 0.15) is 44.7 Å². The van der Waals surface area contributed by atoms with Gasteiger partial charge in [-0.1, -0.05) is 36.5 Å². The Morgan fingerprint density at radius 3 is 2.70 bits per heavy atom. The monoisotopic (exact) mass is 527 g/mol. The van der Waals surface area contributed by atoms with Crippen molar-refractivity contribution in [3.63, 3.8) is 0 Å². The van der Waals surface area contributed by atoms with Gasteiger partial charge in [0.1, 0.15) is 12.4 Å². The van der Waals surface area contributed by atoms with Gasteiger partial charge in [0.15, 0.2) is 5.17 Å². The molecule has 2 atom stereocenters. The number of halogens is 1. The van der Waals surface area contributed by atoms with Crippen LogP contribution in [0.15, 0.2) is 64.3 Å². The van der Waals surface area contributed by atoms with Gasteiger partial charge in [0.05, 0.1) is 36.3 Å². The minimum absolute atomic E-state index is 0.0366. The first-order valence-corrected chi connectivity index (χ1v) is 13.1. The maximum absolute atomic E-state index is 13.8. The van der Waals surface area contributed by atoms with Gasteiger partial charge < -0.3 is 19.3 Å². The number of hydrogen-bond acceptors (Lipinski definition) is 8. The zero-order valence-corrected chi connectivity index (χ0v) is 21.8. The molecule has 0 N–H and O–H groups in total. The van der Waals surface area contributed by atoms with E-state index in [1.54, 1.807) is 30.9 Å². The fourth-order valence-electron chi connectivity index (χ4n) is 4.73. The topological polar surface area (TPSA) is 88.5 Å². The SMILES string of the molecule is C=CCOC(=O)C1=C(C)N=C2SC=C(CC(=O)N3CCCC(C(=O)OCC)C3)N2C1c1ccc(F)cc1. The van der Waals surface area contributed by atoms with E-state index < -0.39 is 17.8 Å². The molecule has 3 heterocycles. The molecule has 0 aliphatic carbocycles. The van der Waals surface area contributed by atoms with E-state index in [4.69, 9.17) is 9.47 Å². The summed E-state index contributed by atoms with van der Waals surface area (Å²) in [6, 6.07) is 5.27. The average Bonchev–Trinajstić information content (AvgIpc) is 3.28. The number of rotatable bonds is 8. The van der Waals surface area contributed by atoms with Crippen molar-refractivity contribution >= 4 is 34.8 Å². The first kappa shape index (κ1) is 26.7. The maximum atomic E-state index is 13.8. The van der Waals surface area contributed by atoms with Gasteiger partial charge in [-0.3, -0.25) is 9.59 Å². The van der Waals surface area contributed by atoms with E-state index in [0.717, 1.165) is 6.42 Å². The molecule has 37 heavy (non-hydrogen) atoms. The van der Waals surface area contributed by atoms with Gasteiger partial charge in [-0.2, -0.15) is 0 Å². The Morgan fingerprint density at radius 1 is 1.24 bits per heavy atom. The zero-order chi connectivity index (χ0) is 26.5. The summed E-state index contributed by atoms with van der Waals surface area (Å²) in [7, 11) is 0. The fourth-order valence-corrected chi connectivity index (χ4v) is 5.69. The van der Waals surface area contributed by atoms with Crippen LogP contribution >= 0.6 is 11.8 Å². The van der Waals surface area contributed by atoms with Crippen molar-refractivity contribution in [2.45, 2.75) is 39.2 Å². The summed E-state index contributed by atoms with van der Waals surface area (Å²) >= 11 is 1.36. The van der Waals surface area contributed by atoms with Crippen LogP contribution in [-0.4, -0.2) is 59.1 Å². The second-order valence-corrected chi connectivity index (χ2v) is 9.78. The predicted octanol–water partition coefficient (Wildman–Crippen LogP) is 4.32. The number of allylic oxidation sites excluding steroid dienone is 1. The Labute approximate surface area is 219 Å². The fraction of sp³-hybridized carbons (Fsp3) is 0.407. The second kappa shape index (κ2) is 11.8. The minimum Gasteiger partial charge on any atom is -0.466 e. The largest absolute Gasteiger partial charge is 0.466 e. The third-order valence-corrected chi connectivity index (χ3v) is 7.35. The smallest absolute Gasteiger partial charge is 0.338 e. The number of aliphatic imine (C=N–C) groups is 1. The summed E-state index contributed by atoms with van der Waals surface area (Å²) < 4.78 is 24.3. The minimum atomic E-state index is -0.645. The van der Waals surface area contributed by atoms with Crippen LogP contribution in [0.2, 0.25) is 0 Å². The summed E-state index contributed by atoms with van der Waals surface area (Å²) in [5.41, 5.74) is 2.15. The molecule has 0 aromatic heterocycles. The number of fused-ring (bicyclic) bond motifs is 1. The van der Waals surface area contributed by atoms with Crippen molar-refractivity contribution in [3.05, 3.63) is 70.7 Å². The molecule has 0 bridgehead atoms. The molecule has 3 aliphatic heterocycles. The Hall–Kier alpha value is -3.40. The molecule has 0 radical (unpaired) electrons. The molecule has 196 valence electrons. The number of carbonyl (C=O) groups is 3. The van der Waals surface area contributed by atoms with Gasteiger partial charge in [-0.15, -0.1) is 0 Å². The number of amides is 1. The zero-order valence-electron chi connectivity index (χ0n) is 20.9. The molecule has 1 aromatic carbocycles. The van der Waals surface area contributed by atoms with Gasteiger partial charge in [-0.25, -0.2) is 14.2 Å². The Kier molecular flexibility index (Phi) is 8.48. The van der Waals surface area contributed by atoms with E-state index in [1.165, 1.54) is 30.0 Å². The predicted molar refractivity (Wildman–Crippen MR) is 138 cm³/mol. The summed E-state index contributed by atoms with van der Waals surface area (Å²) in [6.07, 6.45) is 2.96. The van der Waals surface area contributed by atoms with Crippen LogP contribution in [0.4, 0.5) is 4.39 Å². The number of amidine groups is 1. The summed E-state index contributed by atoms with van der Waals surface area (Å²) in [6.45, 7) is 8.32. The lowest BCUT2D eigenvalue weighted by molar-refractivity contribution is -0.151. The molecule has 1 amide bonds. The number of thioether (sulfide) groups is 1. The molecule has 8 nitrogen and oxygen atoms in total. The lowest BCUT2D eigenvalue weighted by atomic mass is 9.93. The average molecular weight is 528 g/mol. The van der Waals surface area contributed by atoms with E-state index in [-0.39, 0.29) is 30.8 Å². The Morgan fingerprint density at radius 2 is 2.00 bits per heavy atom. The second-order valence-electron chi connectivity index (χ2n) is 8.94. The van der Waals surface area contributed by atoms with E-state index in [9.17, 15) is 18.8 Å². The molecule has 1 fully saturated rings. The number of hydrogen-bond donors (Lipinski definition) is 0. The quantitative estimate of drug-likeness (QED) is 0.367. The highest BCUT2D eigenvalue weighted by Gasteiger charge is 2.41. The van der Waals surface area contributed by atoms with Crippen LogP contribution in [0.25, 0.3) is 0 Å². The maximum Gasteiger partial charge on any atom is 0.338 e. The number of esters is 2. The van der Waals surface area contributed by atoms with Crippen molar-refractivity contribution in [1.29, 1.82) is 0 Å². The Bertz CT molecular complexity index is 1180. The van der Waals surface area contributed by atoms with Crippen molar-refractivity contribution in [2.75, 3.05) is 26.3 Å². The number of likely N-dealkylation sites (tertiary alicyclic amines) is 1. The van der Waals surface area contributed by atoms with Crippen molar-refractivity contribution in [2.24, 2.45) is 10.9 Å². The standard InChI is InChI=1S/C27H30FN3O5S/c1-4-13-36-26(34)23-17(3)29-27-31(24(23)18-8-10-20(28)11-9-18)21(16-37-27)14-22(32)30-12-6-7-19(15-30)25(33)35-5-2/h4,8-11,16,19,24H,1,5-7,12-15H2,2-3H3. The van der Waals surface area contributed by atoms with Crippen LogP contribution < -0.4 is 0 Å².